The zero-order valence-electron chi connectivity index (χ0n) is 15.7. The van der Waals surface area contributed by atoms with Crippen LogP contribution in [0.1, 0.15) is 21.5 Å². The Bertz CT molecular complexity index is 992. The van der Waals surface area contributed by atoms with Crippen LogP contribution in [0, 0.1) is 0 Å². The Balaban J connectivity index is 1.65. The van der Waals surface area contributed by atoms with Crippen LogP contribution in [0.2, 0.25) is 0 Å². The van der Waals surface area contributed by atoms with Gasteiger partial charge in [0.2, 0.25) is 5.91 Å². The third kappa shape index (κ3) is 6.19. The van der Waals surface area contributed by atoms with E-state index in [9.17, 15) is 9.59 Å². The van der Waals surface area contributed by atoms with Crippen LogP contribution in [-0.2, 0) is 17.8 Å². The van der Waals surface area contributed by atoms with Gasteiger partial charge in [-0.1, -0.05) is 64.5 Å². The molecule has 0 radical (unpaired) electrons. The Morgan fingerprint density at radius 3 is 2.38 bits per heavy atom. The van der Waals surface area contributed by atoms with Crippen LogP contribution in [0.25, 0.3) is 0 Å². The maximum atomic E-state index is 12.5. The molecule has 3 aromatic carbocycles. The number of ether oxygens (including phenoxy) is 1. The Kier molecular flexibility index (Phi) is 7.03. The topological polar surface area (TPSA) is 81.4 Å². The fraction of sp³-hybridized carbons (Fsp3) is 0.130. The lowest BCUT2D eigenvalue weighted by molar-refractivity contribution is -0.119. The van der Waals surface area contributed by atoms with Gasteiger partial charge in [0.25, 0.3) is 5.91 Å². The van der Waals surface area contributed by atoms with Gasteiger partial charge >= 0.3 is 0 Å². The number of halogens is 1. The van der Waals surface area contributed by atoms with E-state index in [1.54, 1.807) is 18.2 Å². The van der Waals surface area contributed by atoms with E-state index in [1.165, 1.54) is 0 Å². The summed E-state index contributed by atoms with van der Waals surface area (Å²) in [4.78, 5) is 24.4. The molecular weight excluding hydrogens is 432 g/mol. The van der Waals surface area contributed by atoms with Crippen molar-refractivity contribution in [3.8, 4) is 5.75 Å². The summed E-state index contributed by atoms with van der Waals surface area (Å²) in [5.74, 6) is -0.261. The Morgan fingerprint density at radius 2 is 1.66 bits per heavy atom. The second-order valence-electron chi connectivity index (χ2n) is 6.56. The number of benzene rings is 3. The van der Waals surface area contributed by atoms with E-state index in [0.717, 1.165) is 15.6 Å². The molecule has 29 heavy (non-hydrogen) atoms. The van der Waals surface area contributed by atoms with Crippen LogP contribution in [0.15, 0.2) is 83.3 Å². The summed E-state index contributed by atoms with van der Waals surface area (Å²) in [6, 6.07) is 23.4. The Labute approximate surface area is 178 Å². The van der Waals surface area contributed by atoms with E-state index in [1.807, 2.05) is 60.7 Å². The summed E-state index contributed by atoms with van der Waals surface area (Å²) in [7, 11) is 0. The van der Waals surface area contributed by atoms with Crippen molar-refractivity contribution in [3.05, 3.63) is 100 Å². The van der Waals surface area contributed by atoms with Gasteiger partial charge in [0.05, 0.1) is 0 Å². The molecule has 148 valence electrons. The van der Waals surface area contributed by atoms with Gasteiger partial charge in [-0.3, -0.25) is 9.59 Å². The van der Waals surface area contributed by atoms with Crippen molar-refractivity contribution in [2.24, 2.45) is 5.73 Å². The lowest BCUT2D eigenvalue weighted by Gasteiger charge is -2.16. The Morgan fingerprint density at radius 1 is 0.931 bits per heavy atom. The van der Waals surface area contributed by atoms with Crippen LogP contribution >= 0.6 is 15.9 Å². The SMILES string of the molecule is NC(=O)[C@@H](Cc1cccc(OCc2ccccc2)c1)NC(=O)c1cccc(Br)c1. The highest BCUT2D eigenvalue weighted by atomic mass is 79.9. The van der Waals surface area contributed by atoms with E-state index in [0.29, 0.717) is 17.9 Å². The minimum atomic E-state index is -0.828. The molecule has 3 rings (SSSR count). The summed E-state index contributed by atoms with van der Waals surface area (Å²) >= 11 is 3.33. The predicted octanol–water partition coefficient (Wildman–Crippen LogP) is 3.85. The first kappa shape index (κ1) is 20.6. The average molecular weight is 453 g/mol. The molecule has 3 N–H and O–H groups in total. The van der Waals surface area contributed by atoms with Crippen LogP contribution in [0.4, 0.5) is 0 Å². The zero-order valence-corrected chi connectivity index (χ0v) is 17.3. The number of nitrogens with two attached hydrogens (primary N) is 1. The summed E-state index contributed by atoms with van der Waals surface area (Å²) in [6.45, 7) is 0.448. The third-order valence-electron chi connectivity index (χ3n) is 4.32. The molecule has 0 aromatic heterocycles. The van der Waals surface area contributed by atoms with Gasteiger partial charge in [-0.05, 0) is 41.5 Å². The van der Waals surface area contributed by atoms with E-state index >= 15 is 0 Å². The number of amides is 2. The van der Waals surface area contributed by atoms with Crippen LogP contribution < -0.4 is 15.8 Å². The first-order chi connectivity index (χ1) is 14.0. The quantitative estimate of drug-likeness (QED) is 0.544. The minimum Gasteiger partial charge on any atom is -0.489 e. The van der Waals surface area contributed by atoms with E-state index in [2.05, 4.69) is 21.2 Å². The zero-order chi connectivity index (χ0) is 20.6. The average Bonchev–Trinajstić information content (AvgIpc) is 2.73. The number of carbonyl (C=O) groups excluding carboxylic acids is 2. The minimum absolute atomic E-state index is 0.275. The highest BCUT2D eigenvalue weighted by molar-refractivity contribution is 9.10. The van der Waals surface area contributed by atoms with Gasteiger partial charge in [0.1, 0.15) is 18.4 Å². The molecule has 0 spiro atoms. The molecule has 0 aliphatic rings. The fourth-order valence-electron chi connectivity index (χ4n) is 2.83. The highest BCUT2D eigenvalue weighted by Crippen LogP contribution is 2.17. The van der Waals surface area contributed by atoms with E-state index in [-0.39, 0.29) is 12.3 Å². The number of carbonyl (C=O) groups is 2. The lowest BCUT2D eigenvalue weighted by Crippen LogP contribution is -2.45. The van der Waals surface area contributed by atoms with Crippen molar-refractivity contribution < 1.29 is 14.3 Å². The molecule has 0 bridgehead atoms. The molecule has 1 atom stereocenters. The molecule has 6 heteroatoms. The van der Waals surface area contributed by atoms with Crippen molar-refractivity contribution >= 4 is 27.7 Å². The van der Waals surface area contributed by atoms with Gasteiger partial charge in [-0.2, -0.15) is 0 Å². The lowest BCUT2D eigenvalue weighted by atomic mass is 10.0. The molecule has 0 saturated heterocycles. The van der Waals surface area contributed by atoms with Crippen LogP contribution in [-0.4, -0.2) is 17.9 Å². The van der Waals surface area contributed by atoms with Crippen molar-refractivity contribution in [1.82, 2.24) is 5.32 Å². The maximum Gasteiger partial charge on any atom is 0.251 e. The summed E-state index contributed by atoms with van der Waals surface area (Å²) in [5, 5.41) is 2.71. The highest BCUT2D eigenvalue weighted by Gasteiger charge is 2.20. The monoisotopic (exact) mass is 452 g/mol. The van der Waals surface area contributed by atoms with E-state index < -0.39 is 11.9 Å². The van der Waals surface area contributed by atoms with E-state index in [4.69, 9.17) is 10.5 Å². The second-order valence-corrected chi connectivity index (χ2v) is 7.48. The summed E-state index contributed by atoms with van der Waals surface area (Å²) in [5.41, 5.74) is 7.87. The standard InChI is InChI=1S/C23H21BrN2O3/c24-19-10-5-9-18(14-19)23(28)26-21(22(25)27)13-17-8-4-11-20(12-17)29-15-16-6-2-1-3-7-16/h1-12,14,21H,13,15H2,(H2,25,27)(H,26,28)/t21-/m1/s1. The summed E-state index contributed by atoms with van der Waals surface area (Å²) < 4.78 is 6.61. The smallest absolute Gasteiger partial charge is 0.251 e. The number of hydrogen-bond acceptors (Lipinski definition) is 3. The summed E-state index contributed by atoms with van der Waals surface area (Å²) in [6.07, 6.45) is 0.275. The number of primary amides is 1. The maximum absolute atomic E-state index is 12.5. The first-order valence-corrected chi connectivity index (χ1v) is 9.92. The molecule has 0 unspecified atom stereocenters. The number of nitrogens with one attached hydrogen (secondary N) is 1. The first-order valence-electron chi connectivity index (χ1n) is 9.12. The second kappa shape index (κ2) is 9.89. The largest absolute Gasteiger partial charge is 0.489 e. The molecule has 0 fully saturated rings. The van der Waals surface area contributed by atoms with Crippen molar-refractivity contribution in [2.45, 2.75) is 19.1 Å². The van der Waals surface area contributed by atoms with Gasteiger partial charge in [0.15, 0.2) is 0 Å². The fourth-order valence-corrected chi connectivity index (χ4v) is 3.23. The molecule has 0 saturated carbocycles. The number of hydrogen-bond donors (Lipinski definition) is 2. The van der Waals surface area contributed by atoms with Crippen LogP contribution in [0.5, 0.6) is 5.75 Å². The van der Waals surface area contributed by atoms with Gasteiger partial charge < -0.3 is 15.8 Å². The third-order valence-corrected chi connectivity index (χ3v) is 4.82. The van der Waals surface area contributed by atoms with Crippen molar-refractivity contribution in [1.29, 1.82) is 0 Å². The molecule has 0 aliphatic heterocycles. The predicted molar refractivity (Wildman–Crippen MR) is 116 cm³/mol. The molecule has 0 aliphatic carbocycles. The van der Waals surface area contributed by atoms with Crippen molar-refractivity contribution in [2.75, 3.05) is 0 Å². The normalized spacial score (nSPS) is 11.5. The molecule has 5 nitrogen and oxygen atoms in total. The molecular formula is C23H21BrN2O3. The van der Waals surface area contributed by atoms with Gasteiger partial charge in [-0.25, -0.2) is 0 Å². The van der Waals surface area contributed by atoms with Crippen LogP contribution in [0.3, 0.4) is 0 Å². The molecule has 3 aromatic rings. The van der Waals surface area contributed by atoms with Gasteiger partial charge in [0, 0.05) is 16.5 Å². The number of rotatable bonds is 8. The van der Waals surface area contributed by atoms with Crippen molar-refractivity contribution in [3.63, 3.8) is 0 Å². The molecule has 0 heterocycles. The van der Waals surface area contributed by atoms with Gasteiger partial charge in [-0.15, -0.1) is 0 Å². The Hall–Kier alpha value is -3.12. The molecule has 2 amide bonds.